The molecular formula is C135H112B2N2O3. The molecule has 0 saturated carbocycles. The van der Waals surface area contributed by atoms with Crippen LogP contribution in [-0.4, -0.2) is 13.4 Å². The molecule has 0 saturated heterocycles. The average Bonchev–Trinajstić information content (AvgIpc) is 0.716. The second-order valence-corrected chi connectivity index (χ2v) is 45.0. The lowest BCUT2D eigenvalue weighted by Crippen LogP contribution is -2.65. The fraction of sp³-hybridized carbons (Fsp3) is 0.156. The number of anilines is 6. The van der Waals surface area contributed by atoms with Crippen molar-refractivity contribution in [1.82, 2.24) is 0 Å². The van der Waals surface area contributed by atoms with Crippen LogP contribution in [-0.2, 0) is 32.5 Å². The summed E-state index contributed by atoms with van der Waals surface area (Å²) < 4.78 is 24.1. The first-order valence-corrected chi connectivity index (χ1v) is 50.5. The Labute approximate surface area is 836 Å². The van der Waals surface area contributed by atoms with Crippen LogP contribution < -0.4 is 52.1 Å². The van der Waals surface area contributed by atoms with Crippen LogP contribution in [0.15, 0.2) is 411 Å². The fourth-order valence-electron chi connectivity index (χ4n) is 23.8. The summed E-state index contributed by atoms with van der Waals surface area (Å²) in [7, 11) is 0. The van der Waals surface area contributed by atoms with Crippen LogP contribution in [0, 0.1) is 0 Å². The van der Waals surface area contributed by atoms with Crippen molar-refractivity contribution in [1.29, 1.82) is 0 Å². The highest BCUT2D eigenvalue weighted by Crippen LogP contribution is 2.61. The molecule has 25 rings (SSSR count). The summed E-state index contributed by atoms with van der Waals surface area (Å²) in [6.45, 7) is 34.3. The highest BCUT2D eigenvalue weighted by molar-refractivity contribution is 7.03. The molecule has 4 aliphatic heterocycles. The smallest absolute Gasteiger partial charge is 0.260 e. The van der Waals surface area contributed by atoms with Gasteiger partial charge in [0.2, 0.25) is 0 Å². The fourth-order valence-corrected chi connectivity index (χ4v) is 23.8. The first kappa shape index (κ1) is 87.8. The highest BCUT2D eigenvalue weighted by Gasteiger charge is 2.54. The molecule has 0 bridgehead atoms. The number of benzene rings is 19. The second kappa shape index (κ2) is 32.7. The van der Waals surface area contributed by atoms with Crippen molar-refractivity contribution in [2.24, 2.45) is 0 Å². The van der Waals surface area contributed by atoms with E-state index >= 15 is 0 Å². The van der Waals surface area contributed by atoms with Crippen molar-refractivity contribution >= 4 is 102 Å². The van der Waals surface area contributed by atoms with Crippen molar-refractivity contribution in [3.63, 3.8) is 0 Å². The van der Waals surface area contributed by atoms with Gasteiger partial charge in [-0.2, -0.15) is 0 Å². The molecule has 0 radical (unpaired) electrons. The Kier molecular flexibility index (Phi) is 20.2. The van der Waals surface area contributed by atoms with E-state index in [1.165, 1.54) is 61.2 Å². The van der Waals surface area contributed by atoms with E-state index in [9.17, 15) is 0 Å². The van der Waals surface area contributed by atoms with Gasteiger partial charge in [0.15, 0.2) is 0 Å². The molecular weight excluding hydrogens is 1720 g/mol. The van der Waals surface area contributed by atoms with Crippen LogP contribution in [0.3, 0.4) is 0 Å². The number of furan rings is 1. The van der Waals surface area contributed by atoms with Crippen LogP contribution >= 0.6 is 0 Å². The topological polar surface area (TPSA) is 38.1 Å². The van der Waals surface area contributed by atoms with Crippen LogP contribution in [0.4, 0.5) is 34.1 Å². The lowest BCUT2D eigenvalue weighted by molar-refractivity contribution is 0.468. The van der Waals surface area contributed by atoms with Crippen LogP contribution in [0.5, 0.6) is 23.0 Å². The molecule has 0 unspecified atom stereocenters. The Balaban J connectivity index is 0.851. The predicted molar refractivity (Wildman–Crippen MR) is 600 cm³/mol. The first-order chi connectivity index (χ1) is 68.6. The van der Waals surface area contributed by atoms with Gasteiger partial charge in [0.1, 0.15) is 34.2 Å². The molecule has 20 aromatic rings. The minimum absolute atomic E-state index is 0.168. The zero-order chi connectivity index (χ0) is 96.9. The largest absolute Gasteiger partial charge is 0.459 e. The third-order valence-electron chi connectivity index (χ3n) is 31.0. The van der Waals surface area contributed by atoms with E-state index in [-0.39, 0.29) is 21.7 Å². The lowest BCUT2D eigenvalue weighted by atomic mass is 9.30. The van der Waals surface area contributed by atoms with Gasteiger partial charge in [-0.05, 0) is 225 Å². The number of rotatable bonds is 12. The normalized spacial score (nSPS) is 13.7. The van der Waals surface area contributed by atoms with E-state index < -0.39 is 24.3 Å². The molecule has 142 heavy (non-hydrogen) atoms. The Hall–Kier alpha value is -15.7. The lowest BCUT2D eigenvalue weighted by Gasteiger charge is -2.48. The number of hydrogen-bond donors (Lipinski definition) is 0. The molecule has 5 aliphatic rings. The molecule has 7 heteroatoms. The number of hydrogen-bond acceptors (Lipinski definition) is 5. The van der Waals surface area contributed by atoms with Gasteiger partial charge in [-0.3, -0.25) is 0 Å². The minimum Gasteiger partial charge on any atom is -0.459 e. The summed E-state index contributed by atoms with van der Waals surface area (Å²) in [6, 6.07) is 155. The maximum absolute atomic E-state index is 8.72. The molecule has 1 aromatic heterocycles. The zero-order valence-electron chi connectivity index (χ0n) is 83.5. The second-order valence-electron chi connectivity index (χ2n) is 45.0. The van der Waals surface area contributed by atoms with Gasteiger partial charge in [0, 0.05) is 72.9 Å². The van der Waals surface area contributed by atoms with E-state index in [0.717, 1.165) is 201 Å². The maximum atomic E-state index is 8.72. The van der Waals surface area contributed by atoms with Crippen molar-refractivity contribution in [2.45, 2.75) is 136 Å². The number of para-hydroxylation sites is 3. The van der Waals surface area contributed by atoms with Crippen molar-refractivity contribution in [3.05, 3.63) is 457 Å². The maximum Gasteiger partial charge on any atom is 0.260 e. The number of ether oxygens (including phenoxy) is 2. The van der Waals surface area contributed by atoms with Crippen molar-refractivity contribution in [2.75, 3.05) is 9.80 Å². The van der Waals surface area contributed by atoms with E-state index in [1.54, 1.807) is 0 Å². The summed E-state index contributed by atoms with van der Waals surface area (Å²) in [4.78, 5) is 5.46. The molecule has 5 nitrogen and oxygen atoms in total. The molecule has 0 amide bonds. The van der Waals surface area contributed by atoms with Crippen molar-refractivity contribution < 1.29 is 13.9 Å². The van der Waals surface area contributed by atoms with Gasteiger partial charge < -0.3 is 23.7 Å². The molecule has 1 aliphatic carbocycles. The van der Waals surface area contributed by atoms with Gasteiger partial charge in [0.05, 0.1) is 16.8 Å². The third kappa shape index (κ3) is 14.2. The molecule has 5 heterocycles. The van der Waals surface area contributed by atoms with E-state index in [4.69, 9.17) is 13.9 Å². The predicted octanol–water partition coefficient (Wildman–Crippen LogP) is 32.6. The highest BCUT2D eigenvalue weighted by atomic mass is 16.5. The SMILES string of the molecule is CC(C)(C)c1cccc(-c2cccc(-c3cccc(C(C)(C)C)c3)c2N2c3cc(-c4ccccc4)ccc3B3c4c2cc(C(C)(C)C)cc4N(c2c(-c4cccc(C(C)(C)C)c4)cccc2-c2cccc(C(C)(C)C)c2)c2cc4c5c(c23)Oc2cc(-c3cccc6oc7ccccc7c36)ccc2B5c2cc(-c3ccccc3)cc(-c3ccc5c(c3)C(c3ccccc3)(c3ccccc3)c3ccccc3-5)c2O4)c1. The quantitative estimate of drug-likeness (QED) is 0.114. The van der Waals surface area contributed by atoms with E-state index in [1.807, 2.05) is 0 Å². The molecule has 0 atom stereocenters. The molecule has 0 spiro atoms. The van der Waals surface area contributed by atoms with Gasteiger partial charge in [-0.1, -0.05) is 456 Å². The molecule has 0 fully saturated rings. The molecule has 19 aromatic carbocycles. The summed E-state index contributed by atoms with van der Waals surface area (Å²) in [5, 5.41) is 2.11. The van der Waals surface area contributed by atoms with Gasteiger partial charge in [-0.15, -0.1) is 0 Å². The monoisotopic (exact) mass is 1830 g/mol. The third-order valence-corrected chi connectivity index (χ3v) is 31.0. The number of nitrogens with zero attached hydrogens (tertiary/aromatic N) is 2. The molecule has 0 N–H and O–H groups in total. The van der Waals surface area contributed by atoms with Crippen LogP contribution in [0.25, 0.3) is 122 Å². The van der Waals surface area contributed by atoms with E-state index in [0.29, 0.717) is 0 Å². The van der Waals surface area contributed by atoms with Crippen LogP contribution in [0.1, 0.15) is 154 Å². The first-order valence-electron chi connectivity index (χ1n) is 50.5. The standard InChI is InChI=1S/C135H112B2N2O3/c1-130(2,3)95-51-32-43-86(71-95)101-58-36-59-102(87-44-33-52-96(72-87)131(4,5)6)126(101)138-114-78-85(83-39-20-16-21-40-83)66-69-111(114)137-123-115(138)80-99(134(13,14)15)81-116(123)139(127-103(88-45-34-53-97(73-88)132(7,8)9)60-37-61-104(127)89-46-35-54-98(74-89)133(10,11)12)117-82-121-125-129(124(117)137)141-120-79-91(100-57-38-64-119-122(100)107-56-29-31-63-118(107)140-119)67-70-112(120)136(125)113-77-92(84-41-22-17-23-42-84)75-108(128(113)142-121)90-65-68-106-105-55-28-30-62-109(105)135(110(106)76-90,93-47-24-18-25-48-93)94-49-26-19-27-50-94/h16-82H,1-15H3. The summed E-state index contributed by atoms with van der Waals surface area (Å²) in [5.74, 6) is 3.03. The average molecular weight is 1830 g/mol. The van der Waals surface area contributed by atoms with Crippen LogP contribution in [0.2, 0.25) is 0 Å². The summed E-state index contributed by atoms with van der Waals surface area (Å²) in [6.07, 6.45) is 0. The Morgan fingerprint density at radius 3 is 1.18 bits per heavy atom. The van der Waals surface area contributed by atoms with Gasteiger partial charge in [0.25, 0.3) is 13.4 Å². The summed E-state index contributed by atoms with van der Waals surface area (Å²) in [5.41, 5.74) is 43.3. The Morgan fingerprint density at radius 2 is 0.634 bits per heavy atom. The van der Waals surface area contributed by atoms with Gasteiger partial charge >= 0.3 is 0 Å². The van der Waals surface area contributed by atoms with E-state index in [2.05, 4.69) is 520 Å². The zero-order valence-corrected chi connectivity index (χ0v) is 83.5. The number of fused-ring (bicyclic) bond motifs is 15. The minimum atomic E-state index is -0.698. The summed E-state index contributed by atoms with van der Waals surface area (Å²) >= 11 is 0. The Morgan fingerprint density at radius 1 is 0.225 bits per heavy atom. The van der Waals surface area contributed by atoms with Gasteiger partial charge in [-0.25, -0.2) is 0 Å². The van der Waals surface area contributed by atoms with Crippen molar-refractivity contribution in [3.8, 4) is 123 Å². The molecule has 686 valence electrons. The Bertz CT molecular complexity index is 8370.